The molecule has 0 bridgehead atoms. The lowest BCUT2D eigenvalue weighted by Crippen LogP contribution is -2.44. The number of nitrogens with one attached hydrogen (secondary N) is 1. The lowest BCUT2D eigenvalue weighted by molar-refractivity contribution is 0.313. The van der Waals surface area contributed by atoms with Crippen LogP contribution in [0, 0.1) is 0 Å². The van der Waals surface area contributed by atoms with Crippen molar-refractivity contribution in [3.8, 4) is 11.3 Å². The minimum absolute atomic E-state index is 0.367. The predicted octanol–water partition coefficient (Wildman–Crippen LogP) is 3.46. The molecule has 4 aromatic rings. The van der Waals surface area contributed by atoms with Crippen LogP contribution in [0.15, 0.2) is 66.9 Å². The van der Waals surface area contributed by atoms with E-state index < -0.39 is 11.3 Å². The van der Waals surface area contributed by atoms with Gasteiger partial charge in [-0.2, -0.15) is 4.31 Å². The summed E-state index contributed by atoms with van der Waals surface area (Å²) in [7, 11) is 3.77. The third-order valence-corrected chi connectivity index (χ3v) is 6.95. The van der Waals surface area contributed by atoms with Gasteiger partial charge in [0.2, 0.25) is 17.2 Å². The van der Waals surface area contributed by atoms with Crippen molar-refractivity contribution in [3.63, 3.8) is 0 Å². The van der Waals surface area contributed by atoms with E-state index in [4.69, 9.17) is 5.10 Å². The zero-order valence-corrected chi connectivity index (χ0v) is 20.6. The van der Waals surface area contributed by atoms with E-state index in [-0.39, 0.29) is 0 Å². The molecule has 3 heterocycles. The number of likely N-dealkylation sites (N-methyl/N-ethyl adjacent to an activating group) is 1. The highest BCUT2D eigenvalue weighted by atomic mass is 32.2. The van der Waals surface area contributed by atoms with Gasteiger partial charge in [0.05, 0.1) is 17.4 Å². The van der Waals surface area contributed by atoms with Crippen molar-refractivity contribution in [2.75, 3.05) is 50.5 Å². The van der Waals surface area contributed by atoms with Gasteiger partial charge in [0.25, 0.3) is 0 Å². The largest absolute Gasteiger partial charge is 0.369 e. The maximum atomic E-state index is 11.3. The number of piperazine rings is 1. The molecule has 2 aromatic carbocycles. The van der Waals surface area contributed by atoms with Gasteiger partial charge in [-0.05, 0) is 55.1 Å². The normalized spacial score (nSPS) is 15.6. The van der Waals surface area contributed by atoms with Crippen LogP contribution in [-0.2, 0) is 17.8 Å². The summed E-state index contributed by atoms with van der Waals surface area (Å²) in [5, 5.41) is 8.04. The van der Waals surface area contributed by atoms with Gasteiger partial charge >= 0.3 is 0 Å². The summed E-state index contributed by atoms with van der Waals surface area (Å²) in [4.78, 5) is 9.23. The van der Waals surface area contributed by atoms with Gasteiger partial charge in [-0.3, -0.25) is 4.55 Å². The van der Waals surface area contributed by atoms with E-state index in [9.17, 15) is 8.76 Å². The molecule has 2 N–H and O–H groups in total. The van der Waals surface area contributed by atoms with Crippen molar-refractivity contribution >= 4 is 34.1 Å². The molecule has 0 saturated carbocycles. The van der Waals surface area contributed by atoms with E-state index >= 15 is 0 Å². The molecule has 5 rings (SSSR count). The molecule has 0 aliphatic carbocycles. The van der Waals surface area contributed by atoms with Gasteiger partial charge in [-0.15, -0.1) is 5.10 Å². The van der Waals surface area contributed by atoms with Crippen LogP contribution in [0.25, 0.3) is 16.8 Å². The summed E-state index contributed by atoms with van der Waals surface area (Å²) in [5.74, 6) is 0.508. The maximum absolute atomic E-state index is 11.3. The van der Waals surface area contributed by atoms with Crippen molar-refractivity contribution in [1.29, 1.82) is 0 Å². The highest BCUT2D eigenvalue weighted by Gasteiger charge is 2.14. The molecule has 0 spiro atoms. The van der Waals surface area contributed by atoms with E-state index in [0.29, 0.717) is 12.5 Å². The Morgan fingerprint density at radius 1 is 1.06 bits per heavy atom. The first kappa shape index (κ1) is 23.4. The number of fused-ring (bicyclic) bond motifs is 1. The Balaban J connectivity index is 1.35. The monoisotopic (exact) mass is 491 g/mol. The standard InChI is InChI=1S/C25H29N7O2S/c1-29-12-14-31(15-13-29)22-8-6-21(7-9-22)27-25-26-17-23-10-11-24(32(23)28-25)20-5-3-4-19(16-20)18-30(2)35(33)34/h3-11,16-17H,12-15,18H2,1-2H3,(H,27,28)(H,33,34). The summed E-state index contributed by atoms with van der Waals surface area (Å²) in [6.45, 7) is 4.59. The first-order valence-electron chi connectivity index (χ1n) is 11.5. The Kier molecular flexibility index (Phi) is 6.78. The second kappa shape index (κ2) is 10.1. The highest BCUT2D eigenvalue weighted by Crippen LogP contribution is 2.25. The Morgan fingerprint density at radius 2 is 1.83 bits per heavy atom. The zero-order valence-electron chi connectivity index (χ0n) is 19.8. The predicted molar refractivity (Wildman–Crippen MR) is 140 cm³/mol. The molecular weight excluding hydrogens is 462 g/mol. The Bertz CT molecular complexity index is 1330. The van der Waals surface area contributed by atoms with Gasteiger partial charge < -0.3 is 15.1 Å². The van der Waals surface area contributed by atoms with E-state index in [2.05, 4.69) is 51.4 Å². The second-order valence-corrected chi connectivity index (χ2v) is 9.90. The summed E-state index contributed by atoms with van der Waals surface area (Å²) >= 11 is -2.01. The van der Waals surface area contributed by atoms with Gasteiger partial charge in [0.1, 0.15) is 0 Å². The Morgan fingerprint density at radius 3 is 2.57 bits per heavy atom. The number of benzene rings is 2. The molecule has 2 aromatic heterocycles. The lowest BCUT2D eigenvalue weighted by atomic mass is 10.1. The van der Waals surface area contributed by atoms with Gasteiger partial charge in [0, 0.05) is 56.7 Å². The molecule has 1 atom stereocenters. The minimum atomic E-state index is -2.01. The topological polar surface area (TPSA) is 89.2 Å². The van der Waals surface area contributed by atoms with Crippen LogP contribution in [0.3, 0.4) is 0 Å². The van der Waals surface area contributed by atoms with E-state index in [1.165, 1.54) is 9.99 Å². The van der Waals surface area contributed by atoms with Crippen LogP contribution in [0.5, 0.6) is 0 Å². The average molecular weight is 492 g/mol. The quantitative estimate of drug-likeness (QED) is 0.383. The van der Waals surface area contributed by atoms with Gasteiger partial charge in [-0.1, -0.05) is 18.2 Å². The number of hydrogen-bond acceptors (Lipinski definition) is 6. The van der Waals surface area contributed by atoms with Gasteiger partial charge in [0.15, 0.2) is 0 Å². The van der Waals surface area contributed by atoms with Crippen molar-refractivity contribution in [1.82, 2.24) is 23.8 Å². The lowest BCUT2D eigenvalue weighted by Gasteiger charge is -2.34. The van der Waals surface area contributed by atoms with Crippen LogP contribution in [-0.4, -0.2) is 72.8 Å². The molecule has 1 fully saturated rings. The zero-order chi connectivity index (χ0) is 24.4. The maximum Gasteiger partial charge on any atom is 0.245 e. The molecule has 0 radical (unpaired) electrons. The first-order chi connectivity index (χ1) is 17.0. The number of nitrogens with zero attached hydrogens (tertiary/aromatic N) is 6. The summed E-state index contributed by atoms with van der Waals surface area (Å²) in [6, 6.07) is 20.3. The fraction of sp³-hybridized carbons (Fsp3) is 0.280. The van der Waals surface area contributed by atoms with Crippen LogP contribution in [0.2, 0.25) is 0 Å². The van der Waals surface area contributed by atoms with Crippen molar-refractivity contribution in [2.45, 2.75) is 6.54 Å². The number of hydrogen-bond donors (Lipinski definition) is 2. The Hall–Kier alpha value is -3.31. The average Bonchev–Trinajstić information content (AvgIpc) is 3.28. The smallest absolute Gasteiger partial charge is 0.245 e. The highest BCUT2D eigenvalue weighted by molar-refractivity contribution is 7.76. The fourth-order valence-electron chi connectivity index (χ4n) is 4.27. The molecule has 1 aliphatic heterocycles. The van der Waals surface area contributed by atoms with Crippen molar-refractivity contribution in [2.24, 2.45) is 0 Å². The molecule has 182 valence electrons. The van der Waals surface area contributed by atoms with E-state index in [1.54, 1.807) is 13.2 Å². The third-order valence-electron chi connectivity index (χ3n) is 6.29. The molecular formula is C25H29N7O2S. The van der Waals surface area contributed by atoms with Crippen molar-refractivity contribution in [3.05, 3.63) is 72.4 Å². The summed E-state index contributed by atoms with van der Waals surface area (Å²) < 4.78 is 23.8. The molecule has 9 nitrogen and oxygen atoms in total. The molecule has 10 heteroatoms. The van der Waals surface area contributed by atoms with Crippen LogP contribution < -0.4 is 10.2 Å². The van der Waals surface area contributed by atoms with Crippen molar-refractivity contribution < 1.29 is 8.76 Å². The van der Waals surface area contributed by atoms with Crippen LogP contribution in [0.1, 0.15) is 5.56 Å². The van der Waals surface area contributed by atoms with Crippen LogP contribution in [0.4, 0.5) is 17.3 Å². The summed E-state index contributed by atoms with van der Waals surface area (Å²) in [5.41, 5.74) is 5.87. The number of aromatic nitrogens is 3. The molecule has 0 amide bonds. The van der Waals surface area contributed by atoms with Crippen LogP contribution >= 0.6 is 0 Å². The molecule has 1 aliphatic rings. The molecule has 1 saturated heterocycles. The van der Waals surface area contributed by atoms with Gasteiger partial charge in [-0.25, -0.2) is 13.7 Å². The third kappa shape index (κ3) is 5.35. The number of rotatable bonds is 7. The second-order valence-electron chi connectivity index (χ2n) is 8.82. The van der Waals surface area contributed by atoms with E-state index in [0.717, 1.165) is 54.2 Å². The minimum Gasteiger partial charge on any atom is -0.369 e. The van der Waals surface area contributed by atoms with E-state index in [1.807, 2.05) is 40.9 Å². The Labute approximate surface area is 207 Å². The molecule has 1 unspecified atom stereocenters. The fourth-order valence-corrected chi connectivity index (χ4v) is 4.53. The SMILES string of the molecule is CN1CCN(c2ccc(Nc3ncc4ccc(-c5cccc(CN(C)S(=O)O)c5)n4n3)cc2)CC1. The molecule has 35 heavy (non-hydrogen) atoms. The summed E-state index contributed by atoms with van der Waals surface area (Å²) in [6.07, 6.45) is 1.80. The number of anilines is 3. The first-order valence-corrected chi connectivity index (χ1v) is 12.6.